The number of fused-ring (bicyclic) bond motifs is 1. The van der Waals surface area contributed by atoms with Crippen LogP contribution in [-0.2, 0) is 0 Å². The number of H-pyrrole nitrogens is 1. The van der Waals surface area contributed by atoms with Gasteiger partial charge >= 0.3 is 0 Å². The van der Waals surface area contributed by atoms with Crippen molar-refractivity contribution in [3.05, 3.63) is 64.0 Å². The smallest absolute Gasteiger partial charge is 0.272 e. The molecule has 1 atom stereocenters. The molecular formula is C16H15N3O3. The minimum atomic E-state index is -0.367. The number of aromatic amines is 1. The molecule has 0 radical (unpaired) electrons. The number of nitrogens with zero attached hydrogens (tertiary/aromatic N) is 1. The Morgan fingerprint density at radius 2 is 1.95 bits per heavy atom. The molecule has 0 unspecified atom stereocenters. The molecule has 2 aromatic heterocycles. The molecule has 22 heavy (non-hydrogen) atoms. The first kappa shape index (κ1) is 14.1. The van der Waals surface area contributed by atoms with Crippen LogP contribution in [0.1, 0.15) is 35.0 Å². The topological polar surface area (TPSA) is 88.0 Å². The molecule has 0 fully saturated rings. The molecule has 0 aliphatic carbocycles. The Kier molecular flexibility index (Phi) is 3.50. The van der Waals surface area contributed by atoms with Crippen LogP contribution in [0, 0.1) is 6.92 Å². The number of rotatable bonds is 3. The van der Waals surface area contributed by atoms with Crippen LogP contribution in [0.4, 0.5) is 0 Å². The van der Waals surface area contributed by atoms with Gasteiger partial charge in [0.1, 0.15) is 11.5 Å². The van der Waals surface area contributed by atoms with Gasteiger partial charge in [0.05, 0.1) is 11.4 Å². The minimum absolute atomic E-state index is 0.185. The molecule has 0 aliphatic heterocycles. The standard InChI is InChI=1S/C16H15N3O3/c1-9-7-8-13(22-9)10(2)17-16(21)14-11-5-3-4-6-12(11)15(20)19-18-14/h3-8,10H,1-2H3,(H,17,21)(H,19,20)/t10-/m0/s1. The Bertz CT molecular complexity index is 895. The molecule has 3 rings (SSSR count). The van der Waals surface area contributed by atoms with Crippen LogP contribution in [0.25, 0.3) is 10.8 Å². The van der Waals surface area contributed by atoms with Gasteiger partial charge in [-0.25, -0.2) is 5.10 Å². The fraction of sp³-hybridized carbons (Fsp3) is 0.188. The third-order valence-electron chi connectivity index (χ3n) is 3.45. The normalized spacial score (nSPS) is 12.3. The van der Waals surface area contributed by atoms with E-state index in [1.807, 2.05) is 26.0 Å². The molecule has 6 heteroatoms. The SMILES string of the molecule is Cc1ccc([C@H](C)NC(=O)c2n[nH]c(=O)c3ccccc23)o1. The van der Waals surface area contributed by atoms with Crippen molar-refractivity contribution in [1.82, 2.24) is 15.5 Å². The lowest BCUT2D eigenvalue weighted by Gasteiger charge is -2.12. The summed E-state index contributed by atoms with van der Waals surface area (Å²) in [5.74, 6) is 1.08. The highest BCUT2D eigenvalue weighted by molar-refractivity contribution is 6.04. The van der Waals surface area contributed by atoms with Crippen molar-refractivity contribution in [3.63, 3.8) is 0 Å². The number of amides is 1. The third kappa shape index (κ3) is 2.50. The fourth-order valence-corrected chi connectivity index (χ4v) is 2.31. The number of benzene rings is 1. The zero-order chi connectivity index (χ0) is 15.7. The maximum Gasteiger partial charge on any atom is 0.272 e. The van der Waals surface area contributed by atoms with Gasteiger partial charge in [0.15, 0.2) is 5.69 Å². The largest absolute Gasteiger partial charge is 0.464 e. The van der Waals surface area contributed by atoms with Crippen molar-refractivity contribution in [2.45, 2.75) is 19.9 Å². The zero-order valence-corrected chi connectivity index (χ0v) is 12.2. The van der Waals surface area contributed by atoms with Crippen molar-refractivity contribution < 1.29 is 9.21 Å². The lowest BCUT2D eigenvalue weighted by molar-refractivity contribution is 0.0931. The van der Waals surface area contributed by atoms with Crippen LogP contribution in [0.3, 0.4) is 0 Å². The van der Waals surface area contributed by atoms with Gasteiger partial charge in [-0.3, -0.25) is 9.59 Å². The Morgan fingerprint density at radius 1 is 1.23 bits per heavy atom. The molecule has 3 aromatic rings. The van der Waals surface area contributed by atoms with Crippen LogP contribution in [0.5, 0.6) is 0 Å². The fourth-order valence-electron chi connectivity index (χ4n) is 2.31. The minimum Gasteiger partial charge on any atom is -0.464 e. The van der Waals surface area contributed by atoms with Gasteiger partial charge in [-0.15, -0.1) is 0 Å². The molecule has 6 nitrogen and oxygen atoms in total. The molecule has 1 amide bonds. The molecule has 2 N–H and O–H groups in total. The van der Waals surface area contributed by atoms with Crippen molar-refractivity contribution >= 4 is 16.7 Å². The first-order valence-electron chi connectivity index (χ1n) is 6.91. The summed E-state index contributed by atoms with van der Waals surface area (Å²) in [5, 5.41) is 10.0. The summed E-state index contributed by atoms with van der Waals surface area (Å²) in [5.41, 5.74) is -0.132. The van der Waals surface area contributed by atoms with Gasteiger partial charge in [0.25, 0.3) is 11.5 Å². The van der Waals surface area contributed by atoms with Crippen molar-refractivity contribution in [1.29, 1.82) is 0 Å². The average Bonchev–Trinajstić information content (AvgIpc) is 2.94. The highest BCUT2D eigenvalue weighted by atomic mass is 16.3. The summed E-state index contributed by atoms with van der Waals surface area (Å²) in [6.45, 7) is 3.67. The zero-order valence-electron chi connectivity index (χ0n) is 12.2. The number of aryl methyl sites for hydroxylation is 1. The van der Waals surface area contributed by atoms with Gasteiger partial charge in [0, 0.05) is 5.39 Å². The van der Waals surface area contributed by atoms with E-state index < -0.39 is 0 Å². The van der Waals surface area contributed by atoms with Gasteiger partial charge in [-0.05, 0) is 32.0 Å². The Balaban J connectivity index is 1.93. The molecule has 0 saturated carbocycles. The summed E-state index contributed by atoms with van der Waals surface area (Å²) in [7, 11) is 0. The number of carbonyl (C=O) groups excluding carboxylic acids is 1. The van der Waals surface area contributed by atoms with Crippen molar-refractivity contribution in [2.24, 2.45) is 0 Å². The van der Waals surface area contributed by atoms with E-state index in [2.05, 4.69) is 15.5 Å². The predicted octanol–water partition coefficient (Wildman–Crippen LogP) is 2.32. The maximum absolute atomic E-state index is 12.4. The van der Waals surface area contributed by atoms with E-state index >= 15 is 0 Å². The number of nitrogens with one attached hydrogen (secondary N) is 2. The highest BCUT2D eigenvalue weighted by Gasteiger charge is 2.18. The van der Waals surface area contributed by atoms with Crippen LogP contribution in [0.15, 0.2) is 45.6 Å². The first-order chi connectivity index (χ1) is 10.6. The molecule has 0 bridgehead atoms. The monoisotopic (exact) mass is 297 g/mol. The molecule has 0 saturated heterocycles. The van der Waals surface area contributed by atoms with Crippen LogP contribution >= 0.6 is 0 Å². The van der Waals surface area contributed by atoms with E-state index in [1.54, 1.807) is 24.3 Å². The Labute approximate surface area is 126 Å². The molecule has 1 aromatic carbocycles. The highest BCUT2D eigenvalue weighted by Crippen LogP contribution is 2.17. The summed E-state index contributed by atoms with van der Waals surface area (Å²) in [4.78, 5) is 24.2. The number of furan rings is 1. The predicted molar refractivity (Wildman–Crippen MR) is 81.7 cm³/mol. The third-order valence-corrected chi connectivity index (χ3v) is 3.45. The summed E-state index contributed by atoms with van der Waals surface area (Å²) < 4.78 is 5.50. The molecular weight excluding hydrogens is 282 g/mol. The van der Waals surface area contributed by atoms with Crippen molar-refractivity contribution in [2.75, 3.05) is 0 Å². The lowest BCUT2D eigenvalue weighted by Crippen LogP contribution is -2.28. The quantitative estimate of drug-likeness (QED) is 0.776. The van der Waals surface area contributed by atoms with Crippen molar-refractivity contribution in [3.8, 4) is 0 Å². The maximum atomic E-state index is 12.4. The average molecular weight is 297 g/mol. The van der Waals surface area contributed by atoms with Gasteiger partial charge < -0.3 is 9.73 Å². The van der Waals surface area contributed by atoms with Gasteiger partial charge in [0.2, 0.25) is 0 Å². The molecule has 0 aliphatic rings. The number of carbonyl (C=O) groups is 1. The van der Waals surface area contributed by atoms with E-state index in [4.69, 9.17) is 4.42 Å². The summed E-state index contributed by atoms with van der Waals surface area (Å²) in [6.07, 6.45) is 0. The second-order valence-electron chi connectivity index (χ2n) is 5.09. The number of aromatic nitrogens is 2. The molecule has 0 spiro atoms. The van der Waals surface area contributed by atoms with Crippen LogP contribution in [0.2, 0.25) is 0 Å². The van der Waals surface area contributed by atoms with E-state index in [0.29, 0.717) is 16.5 Å². The van der Waals surface area contributed by atoms with E-state index in [0.717, 1.165) is 5.76 Å². The molecule has 2 heterocycles. The Hall–Kier alpha value is -2.89. The summed E-state index contributed by atoms with van der Waals surface area (Å²) >= 11 is 0. The second kappa shape index (κ2) is 5.48. The van der Waals surface area contributed by atoms with Crippen LogP contribution < -0.4 is 10.9 Å². The van der Waals surface area contributed by atoms with E-state index in [9.17, 15) is 9.59 Å². The second-order valence-corrected chi connectivity index (χ2v) is 5.09. The Morgan fingerprint density at radius 3 is 2.64 bits per heavy atom. The van der Waals surface area contributed by atoms with Gasteiger partial charge in [-0.1, -0.05) is 18.2 Å². The molecule has 112 valence electrons. The first-order valence-corrected chi connectivity index (χ1v) is 6.91. The van der Waals surface area contributed by atoms with E-state index in [1.165, 1.54) is 0 Å². The van der Waals surface area contributed by atoms with Crippen LogP contribution in [-0.4, -0.2) is 16.1 Å². The van der Waals surface area contributed by atoms with Gasteiger partial charge in [-0.2, -0.15) is 5.10 Å². The number of hydrogen-bond acceptors (Lipinski definition) is 4. The number of hydrogen-bond donors (Lipinski definition) is 2. The van der Waals surface area contributed by atoms with E-state index in [-0.39, 0.29) is 23.2 Å². The lowest BCUT2D eigenvalue weighted by atomic mass is 10.1. The summed E-state index contributed by atoms with van der Waals surface area (Å²) in [6, 6.07) is 10.2.